The maximum absolute atomic E-state index is 11.9. The molecular formula is C4H7FN2O. The average Bonchev–Trinajstić information content (AvgIpc) is 1.77. The minimum absolute atomic E-state index is 0.181. The van der Waals surface area contributed by atoms with Crippen LogP contribution in [0.5, 0.6) is 0 Å². The molecule has 0 spiro atoms. The van der Waals surface area contributed by atoms with E-state index in [1.165, 1.54) is 6.20 Å². The normalized spacial score (nSPS) is 19.8. The summed E-state index contributed by atoms with van der Waals surface area (Å²) in [4.78, 5) is 6.11. The predicted molar refractivity (Wildman–Crippen MR) is 25.8 cm³/mol. The fourth-order valence-corrected chi connectivity index (χ4v) is 0.399. The highest BCUT2D eigenvalue weighted by Gasteiger charge is 2.02. The molecule has 0 saturated heterocycles. The molecule has 0 amide bonds. The van der Waals surface area contributed by atoms with Crippen LogP contribution in [0.3, 0.4) is 0 Å². The van der Waals surface area contributed by atoms with E-state index < -0.39 is 0 Å². The molecule has 0 saturated carbocycles. The highest BCUT2D eigenvalue weighted by Crippen LogP contribution is 2.00. The fraction of sp³-hybridized carbons (Fsp3) is 0.500. The van der Waals surface area contributed by atoms with Crippen molar-refractivity contribution < 1.29 is 9.32 Å². The van der Waals surface area contributed by atoms with E-state index in [4.69, 9.17) is 0 Å². The lowest BCUT2D eigenvalue weighted by Crippen LogP contribution is -2.25. The summed E-state index contributed by atoms with van der Waals surface area (Å²) in [7, 11) is 1.80. The molecule has 3 nitrogen and oxygen atoms in total. The smallest absolute Gasteiger partial charge is 0.149 e. The first-order chi connectivity index (χ1) is 3.79. The number of hydrogen-bond acceptors (Lipinski definition) is 3. The topological polar surface area (TPSA) is 15.7 Å². The van der Waals surface area contributed by atoms with Crippen molar-refractivity contribution in [1.82, 2.24) is 10.2 Å². The largest absolute Gasteiger partial charge is 0.354 e. The van der Waals surface area contributed by atoms with Crippen molar-refractivity contribution >= 4 is 0 Å². The van der Waals surface area contributed by atoms with Crippen molar-refractivity contribution in [3.05, 3.63) is 12.4 Å². The Morgan fingerprint density at radius 2 is 2.38 bits per heavy atom. The molecule has 1 aliphatic heterocycles. The number of halogens is 1. The number of nitrogens with zero attached hydrogens (tertiary/aromatic N) is 2. The second kappa shape index (κ2) is 2.00. The molecule has 0 aromatic carbocycles. The summed E-state index contributed by atoms with van der Waals surface area (Å²) in [6.07, 6.45) is 2.78. The van der Waals surface area contributed by atoms with Crippen LogP contribution in [0, 0.1) is 0 Å². The van der Waals surface area contributed by atoms with Gasteiger partial charge in [0.15, 0.2) is 0 Å². The van der Waals surface area contributed by atoms with Crippen LogP contribution in [0.15, 0.2) is 12.4 Å². The van der Waals surface area contributed by atoms with Gasteiger partial charge in [0.2, 0.25) is 0 Å². The summed E-state index contributed by atoms with van der Waals surface area (Å²) < 4.78 is 11.9. The third kappa shape index (κ3) is 1.10. The van der Waals surface area contributed by atoms with Gasteiger partial charge in [0.1, 0.15) is 6.73 Å². The first-order valence-electron chi connectivity index (χ1n) is 2.25. The number of rotatable bonds is 0. The van der Waals surface area contributed by atoms with Crippen LogP contribution in [-0.2, 0) is 4.84 Å². The average molecular weight is 118 g/mol. The zero-order valence-corrected chi connectivity index (χ0v) is 4.54. The Labute approximate surface area is 46.8 Å². The number of hydrogen-bond donors (Lipinski definition) is 0. The molecule has 0 bridgehead atoms. The van der Waals surface area contributed by atoms with Gasteiger partial charge < -0.3 is 4.90 Å². The van der Waals surface area contributed by atoms with Crippen LogP contribution < -0.4 is 0 Å². The molecule has 0 aliphatic carbocycles. The summed E-state index contributed by atoms with van der Waals surface area (Å²) >= 11 is 0. The molecule has 0 fully saturated rings. The van der Waals surface area contributed by atoms with Gasteiger partial charge in [-0.05, 0) is 0 Å². The second-order valence-electron chi connectivity index (χ2n) is 1.59. The summed E-state index contributed by atoms with van der Waals surface area (Å²) in [5.74, 6) is 0. The van der Waals surface area contributed by atoms with Crippen LogP contribution in [0.4, 0.5) is 4.48 Å². The molecule has 0 radical (unpaired) electrons. The Morgan fingerprint density at radius 1 is 1.62 bits per heavy atom. The Hall–Kier alpha value is -0.770. The Balaban J connectivity index is 2.42. The monoisotopic (exact) mass is 118 g/mol. The van der Waals surface area contributed by atoms with Gasteiger partial charge in [-0.15, -0.1) is 0 Å². The Kier molecular flexibility index (Phi) is 1.34. The standard InChI is InChI=1S/C4H7FN2O/c1-6-2-3-7(5)8-4-6/h2-3H,4H2,1H3. The molecule has 46 valence electrons. The summed E-state index contributed by atoms with van der Waals surface area (Å²) in [6, 6.07) is 0. The van der Waals surface area contributed by atoms with E-state index in [0.717, 1.165) is 0 Å². The molecule has 0 unspecified atom stereocenters. The Morgan fingerprint density at radius 3 is 2.75 bits per heavy atom. The minimum atomic E-state index is 0.181. The lowest BCUT2D eigenvalue weighted by molar-refractivity contribution is -0.268. The third-order valence-corrected chi connectivity index (χ3v) is 0.823. The molecule has 4 heteroatoms. The van der Waals surface area contributed by atoms with Crippen molar-refractivity contribution in [1.29, 1.82) is 0 Å². The minimum Gasteiger partial charge on any atom is -0.354 e. The van der Waals surface area contributed by atoms with Crippen molar-refractivity contribution in [3.8, 4) is 0 Å². The van der Waals surface area contributed by atoms with Gasteiger partial charge in [-0.25, -0.2) is 4.84 Å². The molecule has 0 aromatic rings. The lowest BCUT2D eigenvalue weighted by atomic mass is 10.7. The van der Waals surface area contributed by atoms with Gasteiger partial charge in [0.05, 0.1) is 6.20 Å². The first-order valence-corrected chi connectivity index (χ1v) is 2.25. The van der Waals surface area contributed by atoms with Gasteiger partial charge in [0.25, 0.3) is 0 Å². The maximum Gasteiger partial charge on any atom is 0.149 e. The van der Waals surface area contributed by atoms with Crippen LogP contribution in [0.1, 0.15) is 0 Å². The van der Waals surface area contributed by atoms with E-state index in [0.29, 0.717) is 0 Å². The number of hydroxylamine groups is 1. The highest BCUT2D eigenvalue weighted by molar-refractivity contribution is 4.75. The van der Waals surface area contributed by atoms with E-state index in [-0.39, 0.29) is 12.0 Å². The molecule has 8 heavy (non-hydrogen) atoms. The van der Waals surface area contributed by atoms with E-state index in [1.54, 1.807) is 18.1 Å². The molecule has 1 aliphatic rings. The zero-order valence-electron chi connectivity index (χ0n) is 4.54. The van der Waals surface area contributed by atoms with Crippen molar-refractivity contribution in [2.24, 2.45) is 0 Å². The molecule has 0 N–H and O–H groups in total. The quantitative estimate of drug-likeness (QED) is 0.430. The summed E-state index contributed by atoms with van der Waals surface area (Å²) in [5.41, 5.74) is 0. The van der Waals surface area contributed by atoms with Gasteiger partial charge in [0, 0.05) is 13.2 Å². The molecule has 0 aromatic heterocycles. The van der Waals surface area contributed by atoms with E-state index in [2.05, 4.69) is 4.84 Å². The molecular weight excluding hydrogens is 111 g/mol. The van der Waals surface area contributed by atoms with Crippen LogP contribution >= 0.6 is 0 Å². The van der Waals surface area contributed by atoms with E-state index in [1.807, 2.05) is 0 Å². The summed E-state index contributed by atoms with van der Waals surface area (Å²) in [6.45, 7) is 0.271. The molecule has 1 heterocycles. The molecule has 0 atom stereocenters. The van der Waals surface area contributed by atoms with Crippen molar-refractivity contribution in [3.63, 3.8) is 0 Å². The van der Waals surface area contributed by atoms with Gasteiger partial charge >= 0.3 is 0 Å². The van der Waals surface area contributed by atoms with E-state index >= 15 is 0 Å². The van der Waals surface area contributed by atoms with Gasteiger partial charge in [-0.3, -0.25) is 0 Å². The predicted octanol–water partition coefficient (Wildman–Crippen LogP) is 0.479. The SMILES string of the molecule is CN1C=CN(F)OC1. The highest BCUT2D eigenvalue weighted by atomic mass is 19.2. The van der Waals surface area contributed by atoms with Crippen LogP contribution in [0.25, 0.3) is 0 Å². The maximum atomic E-state index is 11.9. The molecule has 1 rings (SSSR count). The van der Waals surface area contributed by atoms with Crippen LogP contribution in [-0.4, -0.2) is 24.0 Å². The van der Waals surface area contributed by atoms with Crippen molar-refractivity contribution in [2.45, 2.75) is 0 Å². The lowest BCUT2D eigenvalue weighted by Gasteiger charge is -2.20. The zero-order chi connectivity index (χ0) is 5.98. The second-order valence-corrected chi connectivity index (χ2v) is 1.59. The van der Waals surface area contributed by atoms with Gasteiger partial charge in [-0.1, -0.05) is 9.77 Å². The first kappa shape index (κ1) is 5.37. The Bertz CT molecular complexity index is 94.2. The van der Waals surface area contributed by atoms with Crippen LogP contribution in [0.2, 0.25) is 0 Å². The fourth-order valence-electron chi connectivity index (χ4n) is 0.399. The van der Waals surface area contributed by atoms with Crippen molar-refractivity contribution in [2.75, 3.05) is 13.8 Å². The van der Waals surface area contributed by atoms with E-state index in [9.17, 15) is 4.48 Å². The third-order valence-electron chi connectivity index (χ3n) is 0.823. The van der Waals surface area contributed by atoms with Gasteiger partial charge in [-0.2, -0.15) is 0 Å². The summed E-state index contributed by atoms with van der Waals surface area (Å²) in [5, 5.41) is 0.181.